The van der Waals surface area contributed by atoms with Gasteiger partial charge in [-0.2, -0.15) is 0 Å². The number of carboxylic acids is 1. The van der Waals surface area contributed by atoms with Crippen LogP contribution in [0.4, 0.5) is 0 Å². The summed E-state index contributed by atoms with van der Waals surface area (Å²) in [6, 6.07) is 0. The predicted molar refractivity (Wildman–Crippen MR) is 72.7 cm³/mol. The van der Waals surface area contributed by atoms with Gasteiger partial charge in [-0.15, -0.1) is 0 Å². The maximum Gasteiger partial charge on any atom is 0.310 e. The fourth-order valence-corrected chi connectivity index (χ4v) is 3.43. The van der Waals surface area contributed by atoms with E-state index in [4.69, 9.17) is 0 Å². The molecule has 2 atom stereocenters. The molecule has 0 bridgehead atoms. The van der Waals surface area contributed by atoms with E-state index in [9.17, 15) is 14.7 Å². The zero-order valence-electron chi connectivity index (χ0n) is 12.0. The summed E-state index contributed by atoms with van der Waals surface area (Å²) in [5, 5.41) is 9.51. The minimum atomic E-state index is -0.787. The fourth-order valence-electron chi connectivity index (χ4n) is 3.43. The Kier molecular flexibility index (Phi) is 4.16. The van der Waals surface area contributed by atoms with E-state index in [2.05, 4.69) is 13.8 Å². The minimum absolute atomic E-state index is 0.0421. The smallest absolute Gasteiger partial charge is 0.310 e. The molecule has 2 unspecified atom stereocenters. The molecule has 1 N–H and O–H groups in total. The first-order valence-electron chi connectivity index (χ1n) is 7.46. The lowest BCUT2D eigenvalue weighted by Gasteiger charge is -2.33. The van der Waals surface area contributed by atoms with E-state index >= 15 is 0 Å². The molecule has 1 saturated heterocycles. The van der Waals surface area contributed by atoms with Gasteiger partial charge < -0.3 is 10.0 Å². The summed E-state index contributed by atoms with van der Waals surface area (Å²) in [6.45, 7) is 5.89. The molecule has 1 aliphatic heterocycles. The molecular formula is C15H25NO3. The SMILES string of the molecule is CC1CN(C(=O)CC2(C(=O)O)CCCCC2)CC1C. The fraction of sp³-hybridized carbons (Fsp3) is 0.867. The monoisotopic (exact) mass is 267 g/mol. The number of carbonyl (C=O) groups is 2. The third-order valence-electron chi connectivity index (χ3n) is 5.09. The lowest BCUT2D eigenvalue weighted by Crippen LogP contribution is -2.40. The Bertz CT molecular complexity index is 350. The van der Waals surface area contributed by atoms with Gasteiger partial charge in [0.15, 0.2) is 0 Å². The predicted octanol–water partition coefficient (Wildman–Crippen LogP) is 2.53. The first kappa shape index (κ1) is 14.4. The summed E-state index contributed by atoms with van der Waals surface area (Å²) in [5.41, 5.74) is -0.787. The Labute approximate surface area is 115 Å². The normalized spacial score (nSPS) is 30.3. The number of hydrogen-bond donors (Lipinski definition) is 1. The molecule has 4 heteroatoms. The Morgan fingerprint density at radius 3 is 2.11 bits per heavy atom. The average Bonchev–Trinajstić information content (AvgIpc) is 2.71. The molecule has 0 aromatic heterocycles. The van der Waals surface area contributed by atoms with E-state index in [1.807, 2.05) is 4.90 Å². The van der Waals surface area contributed by atoms with E-state index < -0.39 is 11.4 Å². The number of likely N-dealkylation sites (tertiary alicyclic amines) is 1. The van der Waals surface area contributed by atoms with Crippen LogP contribution in [0.2, 0.25) is 0 Å². The second-order valence-electron chi connectivity index (χ2n) is 6.58. The van der Waals surface area contributed by atoms with E-state index in [1.54, 1.807) is 0 Å². The van der Waals surface area contributed by atoms with Crippen molar-refractivity contribution in [2.45, 2.75) is 52.4 Å². The molecule has 2 aliphatic rings. The van der Waals surface area contributed by atoms with Crippen LogP contribution in [-0.2, 0) is 9.59 Å². The van der Waals surface area contributed by atoms with Crippen molar-refractivity contribution in [1.82, 2.24) is 4.90 Å². The van der Waals surface area contributed by atoms with Crippen LogP contribution in [0.3, 0.4) is 0 Å². The molecule has 1 saturated carbocycles. The van der Waals surface area contributed by atoms with E-state index in [-0.39, 0.29) is 12.3 Å². The third kappa shape index (κ3) is 2.93. The van der Waals surface area contributed by atoms with Crippen LogP contribution in [-0.4, -0.2) is 35.0 Å². The summed E-state index contributed by atoms with van der Waals surface area (Å²) in [4.78, 5) is 25.8. The number of nitrogens with zero attached hydrogens (tertiary/aromatic N) is 1. The number of hydrogen-bond acceptors (Lipinski definition) is 2. The molecule has 1 amide bonds. The summed E-state index contributed by atoms with van der Waals surface area (Å²) < 4.78 is 0. The van der Waals surface area contributed by atoms with E-state index in [1.165, 1.54) is 0 Å². The molecule has 1 heterocycles. The van der Waals surface area contributed by atoms with Crippen molar-refractivity contribution < 1.29 is 14.7 Å². The lowest BCUT2D eigenvalue weighted by atomic mass is 9.71. The number of rotatable bonds is 3. The number of amides is 1. The highest BCUT2D eigenvalue weighted by molar-refractivity contribution is 5.85. The van der Waals surface area contributed by atoms with Gasteiger partial charge in [0.05, 0.1) is 5.41 Å². The van der Waals surface area contributed by atoms with Crippen molar-refractivity contribution in [1.29, 1.82) is 0 Å². The standard InChI is InChI=1S/C15H25NO3/c1-11-9-16(10-12(11)2)13(17)8-15(14(18)19)6-4-3-5-7-15/h11-12H,3-10H2,1-2H3,(H,18,19). The third-order valence-corrected chi connectivity index (χ3v) is 5.09. The van der Waals surface area contributed by atoms with Gasteiger partial charge in [-0.3, -0.25) is 9.59 Å². The van der Waals surface area contributed by atoms with Crippen LogP contribution in [0.1, 0.15) is 52.4 Å². The Morgan fingerprint density at radius 1 is 1.11 bits per heavy atom. The maximum absolute atomic E-state index is 12.4. The molecule has 1 aliphatic carbocycles. The maximum atomic E-state index is 12.4. The Hall–Kier alpha value is -1.06. The molecular weight excluding hydrogens is 242 g/mol. The van der Waals surface area contributed by atoms with Gasteiger partial charge in [0.2, 0.25) is 5.91 Å². The zero-order valence-corrected chi connectivity index (χ0v) is 12.0. The molecule has 0 radical (unpaired) electrons. The van der Waals surface area contributed by atoms with Gasteiger partial charge in [0.25, 0.3) is 0 Å². The molecule has 2 rings (SSSR count). The van der Waals surface area contributed by atoms with Crippen LogP contribution in [0.5, 0.6) is 0 Å². The van der Waals surface area contributed by atoms with Gasteiger partial charge in [-0.1, -0.05) is 33.1 Å². The highest BCUT2D eigenvalue weighted by atomic mass is 16.4. The van der Waals surface area contributed by atoms with Gasteiger partial charge in [0.1, 0.15) is 0 Å². The van der Waals surface area contributed by atoms with Crippen LogP contribution >= 0.6 is 0 Å². The Morgan fingerprint density at radius 2 is 1.63 bits per heavy atom. The van der Waals surface area contributed by atoms with Crippen molar-refractivity contribution >= 4 is 11.9 Å². The summed E-state index contributed by atoms with van der Waals surface area (Å²) in [5.74, 6) is 0.313. The molecule has 0 aromatic carbocycles. The average molecular weight is 267 g/mol. The van der Waals surface area contributed by atoms with Crippen LogP contribution in [0.25, 0.3) is 0 Å². The summed E-state index contributed by atoms with van der Waals surface area (Å²) >= 11 is 0. The molecule has 0 aromatic rings. The van der Waals surface area contributed by atoms with Gasteiger partial charge >= 0.3 is 5.97 Å². The van der Waals surface area contributed by atoms with Gasteiger partial charge in [0, 0.05) is 19.5 Å². The quantitative estimate of drug-likeness (QED) is 0.855. The van der Waals surface area contributed by atoms with E-state index in [0.29, 0.717) is 24.7 Å². The first-order valence-corrected chi connectivity index (χ1v) is 7.46. The number of carboxylic acid groups (broad SMARTS) is 1. The van der Waals surface area contributed by atoms with Crippen molar-refractivity contribution in [3.8, 4) is 0 Å². The second kappa shape index (κ2) is 5.51. The summed E-state index contributed by atoms with van der Waals surface area (Å²) in [7, 11) is 0. The zero-order chi connectivity index (χ0) is 14.0. The van der Waals surface area contributed by atoms with Gasteiger partial charge in [-0.25, -0.2) is 0 Å². The highest BCUT2D eigenvalue weighted by Crippen LogP contribution is 2.40. The first-order chi connectivity index (χ1) is 8.94. The molecule has 2 fully saturated rings. The second-order valence-corrected chi connectivity index (χ2v) is 6.58. The number of aliphatic carboxylic acids is 1. The van der Waals surface area contributed by atoms with Crippen molar-refractivity contribution in [2.24, 2.45) is 17.3 Å². The minimum Gasteiger partial charge on any atom is -0.481 e. The topological polar surface area (TPSA) is 57.6 Å². The van der Waals surface area contributed by atoms with Crippen molar-refractivity contribution in [3.63, 3.8) is 0 Å². The molecule has 108 valence electrons. The largest absolute Gasteiger partial charge is 0.481 e. The molecule has 19 heavy (non-hydrogen) atoms. The highest BCUT2D eigenvalue weighted by Gasteiger charge is 2.43. The van der Waals surface area contributed by atoms with Crippen molar-refractivity contribution in [2.75, 3.05) is 13.1 Å². The van der Waals surface area contributed by atoms with Crippen LogP contribution in [0.15, 0.2) is 0 Å². The summed E-state index contributed by atoms with van der Waals surface area (Å²) in [6.07, 6.45) is 4.49. The van der Waals surface area contributed by atoms with E-state index in [0.717, 1.165) is 32.4 Å². The van der Waals surface area contributed by atoms with Crippen LogP contribution < -0.4 is 0 Å². The van der Waals surface area contributed by atoms with Gasteiger partial charge in [-0.05, 0) is 24.7 Å². The molecule has 0 spiro atoms. The molecule has 4 nitrogen and oxygen atoms in total. The lowest BCUT2D eigenvalue weighted by molar-refractivity contribution is -0.155. The van der Waals surface area contributed by atoms with Crippen LogP contribution in [0, 0.1) is 17.3 Å². The van der Waals surface area contributed by atoms with Crippen molar-refractivity contribution in [3.05, 3.63) is 0 Å². The Balaban J connectivity index is 2.02. The number of carbonyl (C=O) groups excluding carboxylic acids is 1.